The number of para-hydroxylation sites is 1. The van der Waals surface area contributed by atoms with Crippen molar-refractivity contribution in [1.29, 1.82) is 0 Å². The van der Waals surface area contributed by atoms with Crippen molar-refractivity contribution in [2.24, 2.45) is 0 Å². The van der Waals surface area contributed by atoms with Crippen LogP contribution < -0.4 is 0 Å². The molecule has 2 aromatic rings. The van der Waals surface area contributed by atoms with Gasteiger partial charge in [-0.3, -0.25) is 14.9 Å². The quantitative estimate of drug-likeness (QED) is 0.626. The van der Waals surface area contributed by atoms with Gasteiger partial charge >= 0.3 is 0 Å². The van der Waals surface area contributed by atoms with Crippen LogP contribution in [0, 0.1) is 10.1 Å². The molecule has 2 rings (SSSR count). The number of nitro groups is 1. The van der Waals surface area contributed by atoms with Crippen molar-refractivity contribution >= 4 is 11.6 Å². The molecular weight excluding hydrogens is 268 g/mol. The summed E-state index contributed by atoms with van der Waals surface area (Å²) in [5, 5.41) is 10.9. The molecule has 1 amide bonds. The molecule has 0 fully saturated rings. The molecule has 0 spiro atoms. The minimum absolute atomic E-state index is 0.0149. The summed E-state index contributed by atoms with van der Waals surface area (Å²) in [6, 6.07) is 16.0. The van der Waals surface area contributed by atoms with Crippen molar-refractivity contribution in [1.82, 2.24) is 4.90 Å². The molecule has 0 unspecified atom stereocenters. The highest BCUT2D eigenvalue weighted by molar-refractivity contribution is 5.79. The Kier molecular flexibility index (Phi) is 4.66. The van der Waals surface area contributed by atoms with Gasteiger partial charge in [0, 0.05) is 25.2 Å². The molecule has 0 saturated carbocycles. The van der Waals surface area contributed by atoms with E-state index in [4.69, 9.17) is 0 Å². The van der Waals surface area contributed by atoms with E-state index in [0.29, 0.717) is 12.1 Å². The number of benzene rings is 2. The Bertz CT molecular complexity index is 641. The average molecular weight is 284 g/mol. The lowest BCUT2D eigenvalue weighted by atomic mass is 10.1. The molecule has 0 heterocycles. The van der Waals surface area contributed by atoms with Gasteiger partial charge in [-0.25, -0.2) is 0 Å². The monoisotopic (exact) mass is 284 g/mol. The third-order valence-corrected chi connectivity index (χ3v) is 3.22. The molecular formula is C16H16N2O3. The van der Waals surface area contributed by atoms with Gasteiger partial charge < -0.3 is 4.90 Å². The molecule has 21 heavy (non-hydrogen) atoms. The van der Waals surface area contributed by atoms with Crippen molar-refractivity contribution in [3.05, 3.63) is 75.8 Å². The first kappa shape index (κ1) is 14.7. The molecule has 0 radical (unpaired) electrons. The maximum atomic E-state index is 12.2. The summed E-state index contributed by atoms with van der Waals surface area (Å²) in [7, 11) is 1.70. The standard InChI is InChI=1S/C16H16N2O3/c1-17(12-13-7-3-2-4-8-13)16(19)11-14-9-5-6-10-15(14)18(20)21/h2-10H,11-12H2,1H3. The molecule has 5 nitrogen and oxygen atoms in total. The number of nitro benzene ring substituents is 1. The topological polar surface area (TPSA) is 63.5 Å². The van der Waals surface area contributed by atoms with Crippen molar-refractivity contribution < 1.29 is 9.72 Å². The zero-order valence-electron chi connectivity index (χ0n) is 11.7. The van der Waals surface area contributed by atoms with Crippen LogP contribution in [-0.4, -0.2) is 22.8 Å². The summed E-state index contributed by atoms with van der Waals surface area (Å²) in [6.45, 7) is 0.486. The number of carbonyl (C=O) groups excluding carboxylic acids is 1. The molecule has 0 bridgehead atoms. The maximum absolute atomic E-state index is 12.2. The highest BCUT2D eigenvalue weighted by atomic mass is 16.6. The lowest BCUT2D eigenvalue weighted by Crippen LogP contribution is -2.27. The molecule has 5 heteroatoms. The molecule has 0 aliphatic rings. The van der Waals surface area contributed by atoms with Crippen LogP contribution >= 0.6 is 0 Å². The molecule has 0 aromatic heterocycles. The number of carbonyl (C=O) groups is 1. The van der Waals surface area contributed by atoms with Crippen LogP contribution in [-0.2, 0) is 17.8 Å². The van der Waals surface area contributed by atoms with Crippen LogP contribution in [0.1, 0.15) is 11.1 Å². The molecule has 0 aliphatic carbocycles. The van der Waals surface area contributed by atoms with Crippen molar-refractivity contribution in [3.8, 4) is 0 Å². The Morgan fingerprint density at radius 2 is 1.71 bits per heavy atom. The Balaban J connectivity index is 2.06. The van der Waals surface area contributed by atoms with Crippen molar-refractivity contribution in [2.75, 3.05) is 7.05 Å². The highest BCUT2D eigenvalue weighted by Gasteiger charge is 2.17. The zero-order valence-corrected chi connectivity index (χ0v) is 11.7. The van der Waals surface area contributed by atoms with Crippen molar-refractivity contribution in [2.45, 2.75) is 13.0 Å². The number of hydrogen-bond acceptors (Lipinski definition) is 3. The minimum Gasteiger partial charge on any atom is -0.341 e. The predicted molar refractivity (Wildman–Crippen MR) is 79.7 cm³/mol. The second-order valence-electron chi connectivity index (χ2n) is 4.80. The first-order valence-corrected chi connectivity index (χ1v) is 6.58. The second kappa shape index (κ2) is 6.65. The van der Waals surface area contributed by atoms with Gasteiger partial charge in [0.1, 0.15) is 0 Å². The Labute approximate surface area is 123 Å². The van der Waals surface area contributed by atoms with E-state index in [1.54, 1.807) is 30.1 Å². The second-order valence-corrected chi connectivity index (χ2v) is 4.80. The summed E-state index contributed by atoms with van der Waals surface area (Å²) in [6.07, 6.45) is 0.0283. The van der Waals surface area contributed by atoms with Crippen LogP contribution in [0.15, 0.2) is 54.6 Å². The van der Waals surface area contributed by atoms with Crippen LogP contribution in [0.2, 0.25) is 0 Å². The molecule has 0 aliphatic heterocycles. The maximum Gasteiger partial charge on any atom is 0.273 e. The van der Waals surface area contributed by atoms with Gasteiger partial charge in [-0.1, -0.05) is 48.5 Å². The SMILES string of the molecule is CN(Cc1ccccc1)C(=O)Cc1ccccc1[N+](=O)[O-]. The third kappa shape index (κ3) is 3.89. The number of amides is 1. The fraction of sp³-hybridized carbons (Fsp3) is 0.188. The minimum atomic E-state index is -0.459. The molecule has 108 valence electrons. The molecule has 0 N–H and O–H groups in total. The first-order chi connectivity index (χ1) is 10.1. The number of rotatable bonds is 5. The summed E-state index contributed by atoms with van der Waals surface area (Å²) >= 11 is 0. The van der Waals surface area contributed by atoms with Crippen molar-refractivity contribution in [3.63, 3.8) is 0 Å². The molecule has 0 atom stereocenters. The smallest absolute Gasteiger partial charge is 0.273 e. The highest BCUT2D eigenvalue weighted by Crippen LogP contribution is 2.19. The summed E-state index contributed by atoms with van der Waals surface area (Å²) in [5.41, 5.74) is 1.45. The van der Waals surface area contributed by atoms with Crippen LogP contribution in [0.4, 0.5) is 5.69 Å². The van der Waals surface area contributed by atoms with Gasteiger partial charge in [0.2, 0.25) is 5.91 Å². The fourth-order valence-corrected chi connectivity index (χ4v) is 2.08. The van der Waals surface area contributed by atoms with E-state index in [1.807, 2.05) is 30.3 Å². The van der Waals surface area contributed by atoms with Crippen LogP contribution in [0.5, 0.6) is 0 Å². The van der Waals surface area contributed by atoms with E-state index in [9.17, 15) is 14.9 Å². The van der Waals surface area contributed by atoms with Gasteiger partial charge in [0.25, 0.3) is 5.69 Å². The van der Waals surface area contributed by atoms with E-state index in [2.05, 4.69) is 0 Å². The van der Waals surface area contributed by atoms with E-state index in [0.717, 1.165) is 5.56 Å². The van der Waals surface area contributed by atoms with Crippen LogP contribution in [0.3, 0.4) is 0 Å². The van der Waals surface area contributed by atoms with Crippen LogP contribution in [0.25, 0.3) is 0 Å². The van der Waals surface area contributed by atoms with E-state index in [-0.39, 0.29) is 18.0 Å². The van der Waals surface area contributed by atoms with E-state index < -0.39 is 4.92 Å². The lowest BCUT2D eigenvalue weighted by Gasteiger charge is -2.17. The predicted octanol–water partition coefficient (Wildman–Crippen LogP) is 2.80. The molecule has 2 aromatic carbocycles. The lowest BCUT2D eigenvalue weighted by molar-refractivity contribution is -0.385. The fourth-order valence-electron chi connectivity index (χ4n) is 2.08. The number of hydrogen-bond donors (Lipinski definition) is 0. The number of likely N-dealkylation sites (N-methyl/N-ethyl adjacent to an activating group) is 1. The Morgan fingerprint density at radius 3 is 2.38 bits per heavy atom. The summed E-state index contributed by atoms with van der Waals surface area (Å²) in [4.78, 5) is 24.3. The molecule has 0 saturated heterocycles. The third-order valence-electron chi connectivity index (χ3n) is 3.22. The Morgan fingerprint density at radius 1 is 1.10 bits per heavy atom. The van der Waals surface area contributed by atoms with E-state index in [1.165, 1.54) is 6.07 Å². The summed E-state index contributed by atoms with van der Waals surface area (Å²) < 4.78 is 0. The van der Waals surface area contributed by atoms with Gasteiger partial charge in [0.05, 0.1) is 11.3 Å². The largest absolute Gasteiger partial charge is 0.341 e. The Hall–Kier alpha value is -2.69. The normalized spacial score (nSPS) is 10.1. The van der Waals surface area contributed by atoms with E-state index >= 15 is 0 Å². The average Bonchev–Trinajstić information content (AvgIpc) is 2.48. The van der Waals surface area contributed by atoms with Gasteiger partial charge in [-0.05, 0) is 5.56 Å². The number of nitrogens with zero attached hydrogens (tertiary/aromatic N) is 2. The van der Waals surface area contributed by atoms with Gasteiger partial charge in [0.15, 0.2) is 0 Å². The zero-order chi connectivity index (χ0) is 15.2. The first-order valence-electron chi connectivity index (χ1n) is 6.58. The van der Waals surface area contributed by atoms with Gasteiger partial charge in [-0.2, -0.15) is 0 Å². The summed E-state index contributed by atoms with van der Waals surface area (Å²) in [5.74, 6) is -0.145. The van der Waals surface area contributed by atoms with Gasteiger partial charge in [-0.15, -0.1) is 0 Å².